The number of rotatable bonds is 1. The molecule has 0 radical (unpaired) electrons. The van der Waals surface area contributed by atoms with Gasteiger partial charge in [0.15, 0.2) is 0 Å². The first-order valence-electron chi connectivity index (χ1n) is 11.8. The molecule has 4 unspecified atom stereocenters. The fraction of sp³-hybridized carbons (Fsp3) is 0.593. The molecule has 1 aromatic rings. The highest BCUT2D eigenvalue weighted by Crippen LogP contribution is 2.45. The maximum Gasteiger partial charge on any atom is 0.338 e. The van der Waals surface area contributed by atoms with Crippen molar-refractivity contribution in [2.45, 2.75) is 96.6 Å². The molecule has 1 saturated heterocycles. The minimum atomic E-state index is -1.17. The first-order valence-corrected chi connectivity index (χ1v) is 11.8. The van der Waals surface area contributed by atoms with E-state index >= 15 is 0 Å². The number of benzene rings is 1. The number of allylic oxidation sites excluding steroid dienone is 3. The summed E-state index contributed by atoms with van der Waals surface area (Å²) in [6.45, 7) is 9.81. The van der Waals surface area contributed by atoms with Crippen LogP contribution in [0.25, 0.3) is 0 Å². The Labute approximate surface area is 191 Å². The Balaban J connectivity index is 1.71. The van der Waals surface area contributed by atoms with Crippen LogP contribution in [0.1, 0.15) is 82.6 Å². The van der Waals surface area contributed by atoms with E-state index in [0.717, 1.165) is 24.8 Å². The van der Waals surface area contributed by atoms with Crippen LogP contribution >= 0.6 is 0 Å². The third kappa shape index (κ3) is 4.65. The molecule has 1 fully saturated rings. The van der Waals surface area contributed by atoms with Crippen LogP contribution in [0.5, 0.6) is 5.75 Å². The van der Waals surface area contributed by atoms with Gasteiger partial charge in [-0.3, -0.25) is 0 Å². The van der Waals surface area contributed by atoms with Crippen LogP contribution in [-0.4, -0.2) is 39.6 Å². The second kappa shape index (κ2) is 8.35. The molecule has 5 nitrogen and oxygen atoms in total. The van der Waals surface area contributed by atoms with Crippen molar-refractivity contribution < 1.29 is 24.5 Å². The number of epoxide rings is 1. The molecule has 0 spiro atoms. The average Bonchev–Trinajstić information content (AvgIpc) is 3.23. The number of esters is 1. The average molecular weight is 441 g/mol. The Morgan fingerprint density at radius 1 is 1.19 bits per heavy atom. The number of ether oxygens (including phenoxy) is 2. The number of phenols is 1. The lowest BCUT2D eigenvalue weighted by Crippen LogP contribution is -2.40. The summed E-state index contributed by atoms with van der Waals surface area (Å²) in [7, 11) is 0. The van der Waals surface area contributed by atoms with Gasteiger partial charge in [0.25, 0.3) is 0 Å². The minimum Gasteiger partial charge on any atom is -0.508 e. The largest absolute Gasteiger partial charge is 0.508 e. The monoisotopic (exact) mass is 440 g/mol. The van der Waals surface area contributed by atoms with Crippen LogP contribution in [0.2, 0.25) is 0 Å². The lowest BCUT2D eigenvalue weighted by molar-refractivity contribution is -0.0694. The van der Waals surface area contributed by atoms with Gasteiger partial charge in [0.1, 0.15) is 11.9 Å². The molecular weight excluding hydrogens is 404 g/mol. The maximum absolute atomic E-state index is 13.0. The van der Waals surface area contributed by atoms with E-state index in [1.807, 2.05) is 0 Å². The lowest BCUT2D eigenvalue weighted by Gasteiger charge is -2.30. The summed E-state index contributed by atoms with van der Waals surface area (Å²) < 4.78 is 11.8. The van der Waals surface area contributed by atoms with E-state index in [4.69, 9.17) is 9.47 Å². The first-order chi connectivity index (χ1) is 15.0. The van der Waals surface area contributed by atoms with Crippen LogP contribution in [-0.2, 0) is 15.9 Å². The van der Waals surface area contributed by atoms with Gasteiger partial charge in [-0.25, -0.2) is 4.79 Å². The van der Waals surface area contributed by atoms with Gasteiger partial charge in [-0.2, -0.15) is 0 Å². The normalized spacial score (nSPS) is 33.1. The highest BCUT2D eigenvalue weighted by Gasteiger charge is 2.51. The van der Waals surface area contributed by atoms with Crippen LogP contribution < -0.4 is 0 Å². The molecule has 5 heteroatoms. The van der Waals surface area contributed by atoms with E-state index in [1.54, 1.807) is 32.0 Å². The number of fused-ring (bicyclic) bond motifs is 4. The van der Waals surface area contributed by atoms with Crippen molar-refractivity contribution in [1.29, 1.82) is 0 Å². The molecule has 32 heavy (non-hydrogen) atoms. The minimum absolute atomic E-state index is 0.148. The molecule has 3 aliphatic rings. The summed E-state index contributed by atoms with van der Waals surface area (Å²) >= 11 is 0. The van der Waals surface area contributed by atoms with Crippen LogP contribution in [0.15, 0.2) is 41.0 Å². The van der Waals surface area contributed by atoms with E-state index in [0.29, 0.717) is 30.7 Å². The van der Waals surface area contributed by atoms with Gasteiger partial charge in [-0.15, -0.1) is 0 Å². The van der Waals surface area contributed by atoms with Gasteiger partial charge in [0, 0.05) is 5.92 Å². The van der Waals surface area contributed by atoms with Crippen molar-refractivity contribution >= 4 is 5.97 Å². The van der Waals surface area contributed by atoms with Gasteiger partial charge in [-0.1, -0.05) is 22.8 Å². The molecule has 0 amide bonds. The van der Waals surface area contributed by atoms with Gasteiger partial charge in [0.2, 0.25) is 0 Å². The quantitative estimate of drug-likeness (QED) is 0.354. The number of carbonyl (C=O) groups excluding carboxylic acids is 1. The second-order valence-corrected chi connectivity index (χ2v) is 10.6. The van der Waals surface area contributed by atoms with Gasteiger partial charge in [-0.05, 0) is 96.9 Å². The number of aromatic hydroxyl groups is 1. The van der Waals surface area contributed by atoms with E-state index in [-0.39, 0.29) is 17.5 Å². The van der Waals surface area contributed by atoms with E-state index in [9.17, 15) is 15.0 Å². The zero-order chi connectivity index (χ0) is 23.3. The summed E-state index contributed by atoms with van der Waals surface area (Å²) in [5.74, 6) is 0.0764. The van der Waals surface area contributed by atoms with Crippen molar-refractivity contribution in [1.82, 2.24) is 0 Å². The molecule has 4 rings (SSSR count). The molecular formula is C27H36O5. The highest BCUT2D eigenvalue weighted by molar-refractivity contribution is 5.90. The summed E-state index contributed by atoms with van der Waals surface area (Å²) in [6, 6.07) is 4.90. The SMILES string of the molecule is CC1=C2Cc3cc(ccc3O)C(=O)OC(C(C)(C)O)CCC3(C)OC3C/C=C(\C)C2CC1. The Bertz CT molecular complexity index is 967. The lowest BCUT2D eigenvalue weighted by atomic mass is 9.86. The number of phenolic OH excluding ortho intramolecular Hbond substituents is 1. The third-order valence-electron chi connectivity index (χ3n) is 7.65. The molecule has 0 saturated carbocycles. The summed E-state index contributed by atoms with van der Waals surface area (Å²) in [6.07, 6.45) is 6.65. The molecule has 1 aromatic carbocycles. The molecule has 174 valence electrons. The fourth-order valence-electron chi connectivity index (χ4n) is 5.24. The van der Waals surface area contributed by atoms with Gasteiger partial charge in [0.05, 0.1) is 22.9 Å². The predicted molar refractivity (Wildman–Crippen MR) is 124 cm³/mol. The summed E-state index contributed by atoms with van der Waals surface area (Å²) in [4.78, 5) is 13.0. The van der Waals surface area contributed by atoms with Crippen molar-refractivity contribution in [3.05, 3.63) is 52.1 Å². The Hall–Kier alpha value is -2.11. The van der Waals surface area contributed by atoms with Crippen molar-refractivity contribution in [3.63, 3.8) is 0 Å². The topological polar surface area (TPSA) is 79.3 Å². The standard InChI is InChI=1S/C27H36O5/c1-16-7-11-24-27(5,32-24)13-12-23(26(3,4)30)31-25(29)18-8-10-22(28)19(14-18)15-21-17(2)6-9-20(16)21/h7-8,10,14,20,23-24,28,30H,6,9,11-13,15H2,1-5H3/b16-7+. The van der Waals surface area contributed by atoms with Gasteiger partial charge < -0.3 is 19.7 Å². The molecule has 2 heterocycles. The van der Waals surface area contributed by atoms with Crippen LogP contribution in [0, 0.1) is 5.92 Å². The van der Waals surface area contributed by atoms with Gasteiger partial charge >= 0.3 is 5.97 Å². The number of aliphatic hydroxyl groups is 1. The third-order valence-corrected chi connectivity index (χ3v) is 7.65. The maximum atomic E-state index is 13.0. The Morgan fingerprint density at radius 3 is 2.66 bits per heavy atom. The second-order valence-electron chi connectivity index (χ2n) is 10.6. The number of hydrogen-bond acceptors (Lipinski definition) is 5. The zero-order valence-corrected chi connectivity index (χ0v) is 19.9. The smallest absolute Gasteiger partial charge is 0.338 e. The molecule has 1 aliphatic carbocycles. The number of cyclic esters (lactones) is 1. The summed E-state index contributed by atoms with van der Waals surface area (Å²) in [5.41, 5.74) is 3.76. The fourth-order valence-corrected chi connectivity index (χ4v) is 5.24. The molecule has 4 atom stereocenters. The zero-order valence-electron chi connectivity index (χ0n) is 19.9. The van der Waals surface area contributed by atoms with E-state index in [2.05, 4.69) is 26.8 Å². The molecule has 2 bridgehead atoms. The van der Waals surface area contributed by atoms with E-state index in [1.165, 1.54) is 16.7 Å². The summed E-state index contributed by atoms with van der Waals surface area (Å²) in [5, 5.41) is 21.2. The Kier molecular flexibility index (Phi) is 6.01. The first kappa shape index (κ1) is 23.1. The van der Waals surface area contributed by atoms with Crippen molar-refractivity contribution in [3.8, 4) is 5.75 Å². The van der Waals surface area contributed by atoms with E-state index < -0.39 is 17.7 Å². The highest BCUT2D eigenvalue weighted by atomic mass is 16.6. The predicted octanol–water partition coefficient (Wildman–Crippen LogP) is 5.25. The van der Waals surface area contributed by atoms with Crippen LogP contribution in [0.4, 0.5) is 0 Å². The molecule has 2 N–H and O–H groups in total. The molecule has 2 aliphatic heterocycles. The van der Waals surface area contributed by atoms with Crippen LogP contribution in [0.3, 0.4) is 0 Å². The number of hydrogen-bond donors (Lipinski definition) is 2. The van der Waals surface area contributed by atoms with Crippen molar-refractivity contribution in [2.75, 3.05) is 0 Å². The Morgan fingerprint density at radius 2 is 1.94 bits per heavy atom. The molecule has 0 aromatic heterocycles. The number of carbonyl (C=O) groups is 1. The van der Waals surface area contributed by atoms with Crippen molar-refractivity contribution in [2.24, 2.45) is 5.92 Å².